The van der Waals surface area contributed by atoms with Gasteiger partial charge in [-0.3, -0.25) is 9.36 Å². The van der Waals surface area contributed by atoms with E-state index in [0.717, 1.165) is 31.6 Å². The minimum absolute atomic E-state index is 0.117. The van der Waals surface area contributed by atoms with Crippen molar-refractivity contribution in [2.45, 2.75) is 18.8 Å². The summed E-state index contributed by atoms with van der Waals surface area (Å²) in [6, 6.07) is 1.87. The monoisotopic (exact) mass is 368 g/mol. The number of H-pyrrole nitrogens is 1. The molecule has 1 aliphatic heterocycles. The van der Waals surface area contributed by atoms with Gasteiger partial charge in [0.25, 0.3) is 5.56 Å². The highest BCUT2D eigenvalue weighted by atomic mass is 31.2. The quantitative estimate of drug-likeness (QED) is 0.658. The first-order valence-electron chi connectivity index (χ1n) is 8.06. The number of rotatable bonds is 5. The third-order valence-electron chi connectivity index (χ3n) is 4.54. The Hall–Kier alpha value is -1.80. The maximum Gasteiger partial charge on any atom is 0.326 e. The molecule has 2 aromatic rings. The van der Waals surface area contributed by atoms with E-state index in [1.165, 1.54) is 7.11 Å². The maximum absolute atomic E-state index is 11.9. The summed E-state index contributed by atoms with van der Waals surface area (Å²) in [5.74, 6) is 0.504. The van der Waals surface area contributed by atoms with Crippen LogP contribution < -0.4 is 10.3 Å². The van der Waals surface area contributed by atoms with Crippen molar-refractivity contribution < 1.29 is 19.1 Å². The Morgan fingerprint density at radius 1 is 1.40 bits per heavy atom. The molecule has 136 valence electrons. The molecule has 1 aliphatic rings. The minimum atomic E-state index is -3.96. The molecule has 3 heterocycles. The lowest BCUT2D eigenvalue weighted by atomic mass is 9.92. The first-order valence-corrected chi connectivity index (χ1v) is 9.86. The number of hydrogen-bond donors (Lipinski definition) is 3. The summed E-state index contributed by atoms with van der Waals surface area (Å²) in [6.45, 7) is 1.89. The SMILES string of the molecule is COc1nc(C2CCN(CCP(=O)(O)O)CC2)cc2cn[nH]c(=O)c12. The molecule has 0 aromatic carbocycles. The van der Waals surface area contributed by atoms with Gasteiger partial charge in [-0.15, -0.1) is 0 Å². The second kappa shape index (κ2) is 7.21. The molecule has 3 N–H and O–H groups in total. The molecule has 1 saturated heterocycles. The molecule has 0 radical (unpaired) electrons. The predicted molar refractivity (Wildman–Crippen MR) is 92.0 cm³/mol. The van der Waals surface area contributed by atoms with Crippen molar-refractivity contribution in [3.8, 4) is 5.88 Å². The standard InChI is InChI=1S/C15H21N4O5P/c1-24-15-13-11(9-16-18-14(13)20)8-12(17-15)10-2-4-19(5-3-10)6-7-25(21,22)23/h8-10H,2-7H2,1H3,(H,18,20)(H2,21,22,23). The van der Waals surface area contributed by atoms with E-state index in [2.05, 4.69) is 20.1 Å². The molecule has 0 unspecified atom stereocenters. The van der Waals surface area contributed by atoms with Crippen LogP contribution in [0.1, 0.15) is 24.5 Å². The van der Waals surface area contributed by atoms with Crippen LogP contribution in [0.25, 0.3) is 10.8 Å². The molecule has 0 aliphatic carbocycles. The van der Waals surface area contributed by atoms with E-state index in [4.69, 9.17) is 14.5 Å². The smallest absolute Gasteiger partial charge is 0.326 e. The number of aromatic nitrogens is 3. The van der Waals surface area contributed by atoms with Gasteiger partial charge in [0.15, 0.2) is 0 Å². The van der Waals surface area contributed by atoms with Gasteiger partial charge in [-0.25, -0.2) is 10.1 Å². The van der Waals surface area contributed by atoms with Crippen LogP contribution in [0.2, 0.25) is 0 Å². The number of methoxy groups -OCH3 is 1. The summed E-state index contributed by atoms with van der Waals surface area (Å²) in [5, 5.41) is 7.29. The van der Waals surface area contributed by atoms with Crippen molar-refractivity contribution in [2.24, 2.45) is 0 Å². The van der Waals surface area contributed by atoms with Crippen molar-refractivity contribution in [3.05, 3.63) is 28.3 Å². The van der Waals surface area contributed by atoms with Crippen LogP contribution in [0.15, 0.2) is 17.1 Å². The van der Waals surface area contributed by atoms with Gasteiger partial charge in [0.05, 0.1) is 19.5 Å². The van der Waals surface area contributed by atoms with Gasteiger partial charge in [-0.2, -0.15) is 5.10 Å². The molecule has 10 heteroatoms. The van der Waals surface area contributed by atoms with Gasteiger partial charge in [0.1, 0.15) is 5.39 Å². The molecular weight excluding hydrogens is 347 g/mol. The molecule has 0 spiro atoms. The fourth-order valence-corrected chi connectivity index (χ4v) is 3.73. The summed E-state index contributed by atoms with van der Waals surface area (Å²) < 4.78 is 16.3. The number of aromatic amines is 1. The molecule has 25 heavy (non-hydrogen) atoms. The molecule has 1 fully saturated rings. The van der Waals surface area contributed by atoms with Crippen molar-refractivity contribution in [1.82, 2.24) is 20.1 Å². The Labute approximate surface area is 144 Å². The van der Waals surface area contributed by atoms with Crippen LogP contribution in [-0.2, 0) is 4.57 Å². The summed E-state index contributed by atoms with van der Waals surface area (Å²) >= 11 is 0. The zero-order chi connectivity index (χ0) is 18.0. The van der Waals surface area contributed by atoms with Crippen LogP contribution in [0, 0.1) is 0 Å². The van der Waals surface area contributed by atoms with Crippen molar-refractivity contribution in [2.75, 3.05) is 32.9 Å². The maximum atomic E-state index is 11.9. The largest absolute Gasteiger partial charge is 0.480 e. The van der Waals surface area contributed by atoms with Crippen LogP contribution in [0.4, 0.5) is 0 Å². The van der Waals surface area contributed by atoms with Gasteiger partial charge < -0.3 is 19.4 Å². The van der Waals surface area contributed by atoms with Crippen LogP contribution in [0.3, 0.4) is 0 Å². The summed E-state index contributed by atoms with van der Waals surface area (Å²) in [5.41, 5.74) is 0.520. The number of likely N-dealkylation sites (tertiary alicyclic amines) is 1. The molecule has 3 rings (SSSR count). The van der Waals surface area contributed by atoms with Gasteiger partial charge in [0, 0.05) is 23.5 Å². The zero-order valence-corrected chi connectivity index (χ0v) is 14.8. The number of pyridine rings is 1. The third kappa shape index (κ3) is 4.24. The van der Waals surface area contributed by atoms with E-state index in [1.807, 2.05) is 6.07 Å². The highest BCUT2D eigenvalue weighted by molar-refractivity contribution is 7.51. The average Bonchev–Trinajstić information content (AvgIpc) is 2.59. The van der Waals surface area contributed by atoms with E-state index in [9.17, 15) is 9.36 Å². The molecule has 0 bridgehead atoms. The zero-order valence-electron chi connectivity index (χ0n) is 13.9. The third-order valence-corrected chi connectivity index (χ3v) is 5.32. The molecule has 0 saturated carbocycles. The first kappa shape index (κ1) is 18.0. The van der Waals surface area contributed by atoms with Gasteiger partial charge in [0.2, 0.25) is 5.88 Å². The van der Waals surface area contributed by atoms with E-state index in [1.54, 1.807) is 6.20 Å². The fraction of sp³-hybridized carbons (Fsp3) is 0.533. The molecule has 2 aromatic heterocycles. The van der Waals surface area contributed by atoms with Crippen molar-refractivity contribution in [1.29, 1.82) is 0 Å². The number of fused-ring (bicyclic) bond motifs is 1. The average molecular weight is 368 g/mol. The highest BCUT2D eigenvalue weighted by Crippen LogP contribution is 2.35. The van der Waals surface area contributed by atoms with Crippen LogP contribution in [0.5, 0.6) is 5.88 Å². The van der Waals surface area contributed by atoms with Gasteiger partial charge in [-0.1, -0.05) is 0 Å². The fourth-order valence-electron chi connectivity index (χ4n) is 3.19. The number of hydrogen-bond acceptors (Lipinski definition) is 6. The van der Waals surface area contributed by atoms with Gasteiger partial charge >= 0.3 is 7.60 Å². The van der Waals surface area contributed by atoms with Crippen LogP contribution in [-0.4, -0.2) is 62.8 Å². The van der Waals surface area contributed by atoms with E-state index < -0.39 is 7.60 Å². The molecular formula is C15H21N4O5P. The lowest BCUT2D eigenvalue weighted by Gasteiger charge is -2.31. The Morgan fingerprint density at radius 2 is 2.12 bits per heavy atom. The Kier molecular flexibility index (Phi) is 5.19. The lowest BCUT2D eigenvalue weighted by Crippen LogP contribution is -2.35. The van der Waals surface area contributed by atoms with Crippen molar-refractivity contribution >= 4 is 18.4 Å². The van der Waals surface area contributed by atoms with E-state index >= 15 is 0 Å². The second-order valence-electron chi connectivity index (χ2n) is 6.22. The minimum Gasteiger partial charge on any atom is -0.480 e. The normalized spacial score (nSPS) is 17.1. The number of ether oxygens (including phenoxy) is 1. The number of piperidine rings is 1. The Morgan fingerprint density at radius 3 is 2.76 bits per heavy atom. The van der Waals surface area contributed by atoms with E-state index in [0.29, 0.717) is 23.2 Å². The Balaban J connectivity index is 1.75. The molecule has 0 amide bonds. The molecule has 0 atom stereocenters. The van der Waals surface area contributed by atoms with Crippen LogP contribution >= 0.6 is 7.60 Å². The first-order chi connectivity index (χ1) is 11.9. The summed E-state index contributed by atoms with van der Waals surface area (Å²) in [4.78, 5) is 36.5. The second-order valence-corrected chi connectivity index (χ2v) is 8.00. The van der Waals surface area contributed by atoms with E-state index in [-0.39, 0.29) is 17.6 Å². The summed E-state index contributed by atoms with van der Waals surface area (Å²) in [7, 11) is -2.48. The van der Waals surface area contributed by atoms with Crippen molar-refractivity contribution in [3.63, 3.8) is 0 Å². The lowest BCUT2D eigenvalue weighted by molar-refractivity contribution is 0.217. The highest BCUT2D eigenvalue weighted by Gasteiger charge is 2.25. The Bertz CT molecular complexity index is 857. The topological polar surface area (TPSA) is 129 Å². The predicted octanol–water partition coefficient (Wildman–Crippen LogP) is 0.684. The molecule has 9 nitrogen and oxygen atoms in total. The number of nitrogens with one attached hydrogen (secondary N) is 1. The summed E-state index contributed by atoms with van der Waals surface area (Å²) in [6.07, 6.45) is 3.13. The number of nitrogens with zero attached hydrogens (tertiary/aromatic N) is 3. The van der Waals surface area contributed by atoms with Gasteiger partial charge in [-0.05, 0) is 32.0 Å².